The highest BCUT2D eigenvalue weighted by Crippen LogP contribution is 2.26. The van der Waals surface area contributed by atoms with Crippen LogP contribution < -0.4 is 0 Å². The van der Waals surface area contributed by atoms with Gasteiger partial charge in [-0.2, -0.15) is 18.2 Å². The molecule has 7 heteroatoms. The van der Waals surface area contributed by atoms with Crippen molar-refractivity contribution in [3.05, 3.63) is 12.1 Å². The smallest absolute Gasteiger partial charge is 0.254 e. The average molecular weight is 182 g/mol. The van der Waals surface area contributed by atoms with Crippen molar-refractivity contribution in [3.8, 4) is 0 Å². The predicted octanol–water partition coefficient (Wildman–Crippen LogP) is 1.71. The van der Waals surface area contributed by atoms with Crippen LogP contribution in [0.25, 0.3) is 0 Å². The Morgan fingerprint density at radius 3 is 2.36 bits per heavy atom. The highest BCUT2D eigenvalue weighted by Gasteiger charge is 2.35. The molecule has 1 aromatic heterocycles. The van der Waals surface area contributed by atoms with Gasteiger partial charge in [0.2, 0.25) is 11.0 Å². The lowest BCUT2D eigenvalue weighted by atomic mass is 10.6. The summed E-state index contributed by atoms with van der Waals surface area (Å²) in [6.07, 6.45) is -1.20. The van der Waals surface area contributed by atoms with Crippen LogP contribution in [0.5, 0.6) is 0 Å². The molecule has 0 aromatic carbocycles. The van der Waals surface area contributed by atoms with Crippen LogP contribution in [-0.4, -0.2) is 15.2 Å². The molecule has 0 saturated carbocycles. The minimum Gasteiger partial charge on any atom is -0.254 e. The first kappa shape index (κ1) is 8.38. The molecule has 1 aromatic rings. The van der Waals surface area contributed by atoms with Crippen LogP contribution in [0.4, 0.5) is 13.2 Å². The first-order valence-corrected chi connectivity index (χ1v) is 3.44. The molecule has 0 spiro atoms. The molecule has 3 nitrogen and oxygen atoms in total. The number of halogens is 3. The van der Waals surface area contributed by atoms with Gasteiger partial charge in [0.1, 0.15) is 0 Å². The number of aromatic amines is 1. The van der Waals surface area contributed by atoms with E-state index in [1.54, 1.807) is 5.10 Å². The van der Waals surface area contributed by atoms with E-state index < -0.39 is 12.0 Å². The maximum atomic E-state index is 11.8. The molecule has 0 saturated heterocycles. The van der Waals surface area contributed by atoms with Crippen LogP contribution >= 0.6 is 11.8 Å². The summed E-state index contributed by atoms with van der Waals surface area (Å²) in [6.45, 7) is 0. The second-order valence-corrected chi connectivity index (χ2v) is 2.26. The molecule has 0 aliphatic heterocycles. The van der Waals surface area contributed by atoms with E-state index in [0.29, 0.717) is 0 Å². The van der Waals surface area contributed by atoms with Gasteiger partial charge in [-0.1, -0.05) is 11.8 Å². The molecular formula is C4H3F3N3S. The summed E-state index contributed by atoms with van der Waals surface area (Å²) in [7, 11) is 0. The molecule has 0 bridgehead atoms. The zero-order chi connectivity index (χ0) is 8.48. The van der Waals surface area contributed by atoms with E-state index in [4.69, 9.17) is 0 Å². The largest absolute Gasteiger partial charge is 0.451 e. The Balaban J connectivity index is 2.89. The van der Waals surface area contributed by atoms with Gasteiger partial charge in [-0.25, -0.2) is 0 Å². The fourth-order valence-electron chi connectivity index (χ4n) is 0.438. The topological polar surface area (TPSA) is 41.6 Å². The quantitative estimate of drug-likeness (QED) is 0.672. The van der Waals surface area contributed by atoms with Crippen molar-refractivity contribution < 1.29 is 13.2 Å². The van der Waals surface area contributed by atoms with Gasteiger partial charge < -0.3 is 0 Å². The molecule has 11 heavy (non-hydrogen) atoms. The van der Waals surface area contributed by atoms with Gasteiger partial charge >= 0.3 is 6.18 Å². The van der Waals surface area contributed by atoms with Crippen LogP contribution in [0.2, 0.25) is 0 Å². The van der Waals surface area contributed by atoms with Crippen molar-refractivity contribution in [1.82, 2.24) is 15.2 Å². The zero-order valence-electron chi connectivity index (χ0n) is 5.14. The van der Waals surface area contributed by atoms with E-state index in [-0.39, 0.29) is 5.16 Å². The van der Waals surface area contributed by atoms with Crippen molar-refractivity contribution in [3.63, 3.8) is 0 Å². The van der Waals surface area contributed by atoms with Gasteiger partial charge in [0.25, 0.3) is 0 Å². The summed E-state index contributed by atoms with van der Waals surface area (Å²) in [6, 6.07) is 0. The third-order valence-corrected chi connectivity index (χ3v) is 1.30. The first-order chi connectivity index (χ1) is 5.04. The van der Waals surface area contributed by atoms with Gasteiger partial charge in [0.15, 0.2) is 0 Å². The minimum absolute atomic E-state index is 0.0164. The molecule has 1 rings (SSSR count). The molecule has 1 heterocycles. The zero-order valence-corrected chi connectivity index (χ0v) is 5.96. The molecule has 1 N–H and O–H groups in total. The number of hydrogen-bond acceptors (Lipinski definition) is 3. The Bertz CT molecular complexity index is 243. The van der Waals surface area contributed by atoms with E-state index in [2.05, 4.69) is 16.3 Å². The van der Waals surface area contributed by atoms with E-state index in [1.807, 2.05) is 0 Å². The molecule has 0 unspecified atom stereocenters. The fourth-order valence-corrected chi connectivity index (χ4v) is 0.704. The molecule has 0 atom stereocenters. The maximum Gasteiger partial charge on any atom is 0.451 e. The van der Waals surface area contributed by atoms with Crippen molar-refractivity contribution in [2.45, 2.75) is 11.3 Å². The monoisotopic (exact) mass is 182 g/mol. The molecule has 0 aliphatic carbocycles. The number of nitrogens with zero attached hydrogens (tertiary/aromatic N) is 2. The van der Waals surface area contributed by atoms with Crippen molar-refractivity contribution in [2.24, 2.45) is 0 Å². The number of rotatable bonds is 1. The SMILES string of the molecule is [CH2]Sc1n[nH]c(C(F)(F)F)n1. The highest BCUT2D eigenvalue weighted by atomic mass is 32.2. The summed E-state index contributed by atoms with van der Waals surface area (Å²) in [4.78, 5) is 3.11. The van der Waals surface area contributed by atoms with Gasteiger partial charge in [0, 0.05) is 6.26 Å². The summed E-state index contributed by atoms with van der Waals surface area (Å²) in [5, 5.41) is 4.98. The lowest BCUT2D eigenvalue weighted by Crippen LogP contribution is -2.07. The maximum absolute atomic E-state index is 11.8. The number of nitrogens with one attached hydrogen (secondary N) is 1. The molecule has 0 fully saturated rings. The molecule has 1 radical (unpaired) electrons. The Labute approximate surface area is 64.4 Å². The third kappa shape index (κ3) is 1.86. The normalized spacial score (nSPS) is 12.0. The third-order valence-electron chi connectivity index (χ3n) is 0.863. The average Bonchev–Trinajstić information content (AvgIpc) is 2.32. The van der Waals surface area contributed by atoms with E-state index in [9.17, 15) is 13.2 Å². The van der Waals surface area contributed by atoms with Crippen molar-refractivity contribution in [2.75, 3.05) is 0 Å². The second-order valence-electron chi connectivity index (χ2n) is 1.61. The number of H-pyrrole nitrogens is 1. The Morgan fingerprint density at radius 2 is 2.09 bits per heavy atom. The molecule has 0 aliphatic rings. The van der Waals surface area contributed by atoms with E-state index >= 15 is 0 Å². The Hall–Kier alpha value is -0.720. The highest BCUT2D eigenvalue weighted by molar-refractivity contribution is 8.00. The fraction of sp³-hybridized carbons (Fsp3) is 0.250. The number of thioether (sulfide) groups is 1. The van der Waals surface area contributed by atoms with Crippen LogP contribution in [-0.2, 0) is 6.18 Å². The van der Waals surface area contributed by atoms with E-state index in [0.717, 1.165) is 11.8 Å². The predicted molar refractivity (Wildman–Crippen MR) is 32.6 cm³/mol. The van der Waals surface area contributed by atoms with Crippen LogP contribution in [0, 0.1) is 6.26 Å². The Kier molecular flexibility index (Phi) is 2.08. The number of alkyl halides is 3. The first-order valence-electron chi connectivity index (χ1n) is 2.45. The summed E-state index contributed by atoms with van der Waals surface area (Å²) < 4.78 is 35.3. The molecular weight excluding hydrogens is 179 g/mol. The van der Waals surface area contributed by atoms with Gasteiger partial charge in [-0.05, 0) is 0 Å². The van der Waals surface area contributed by atoms with Crippen LogP contribution in [0.15, 0.2) is 5.16 Å². The van der Waals surface area contributed by atoms with Gasteiger partial charge in [-0.3, -0.25) is 5.10 Å². The Morgan fingerprint density at radius 1 is 1.45 bits per heavy atom. The number of hydrogen-bond donors (Lipinski definition) is 1. The molecule has 0 amide bonds. The van der Waals surface area contributed by atoms with Crippen molar-refractivity contribution >= 4 is 11.8 Å². The number of aromatic nitrogens is 3. The van der Waals surface area contributed by atoms with Gasteiger partial charge in [0.05, 0.1) is 0 Å². The van der Waals surface area contributed by atoms with Gasteiger partial charge in [-0.15, -0.1) is 5.10 Å². The van der Waals surface area contributed by atoms with Crippen molar-refractivity contribution in [1.29, 1.82) is 0 Å². The second kappa shape index (κ2) is 2.72. The minimum atomic E-state index is -4.46. The summed E-state index contributed by atoms with van der Waals surface area (Å²) >= 11 is 0.802. The van der Waals surface area contributed by atoms with E-state index in [1.165, 1.54) is 0 Å². The lowest BCUT2D eigenvalue weighted by molar-refractivity contribution is -0.144. The lowest BCUT2D eigenvalue weighted by Gasteiger charge is -1.97. The van der Waals surface area contributed by atoms with Crippen LogP contribution in [0.3, 0.4) is 0 Å². The molecule has 61 valence electrons. The standard InChI is InChI=1S/C4H3F3N3S/c1-11-3-8-2(9-10-3)4(5,6)7/h1H2,(H,8,9,10). The summed E-state index contributed by atoms with van der Waals surface area (Å²) in [5.41, 5.74) is 0. The van der Waals surface area contributed by atoms with Crippen LogP contribution in [0.1, 0.15) is 5.82 Å². The summed E-state index contributed by atoms with van der Waals surface area (Å²) in [5.74, 6) is -1.09.